The van der Waals surface area contributed by atoms with Gasteiger partial charge in [0.2, 0.25) is 0 Å². The molecule has 2 heterocycles. The Morgan fingerprint density at radius 1 is 0.853 bits per heavy atom. The monoisotopic (exact) mass is 463 g/mol. The highest BCUT2D eigenvalue weighted by atomic mass is 16.5. The fourth-order valence-corrected chi connectivity index (χ4v) is 3.48. The largest absolute Gasteiger partial charge is 0.496 e. The Labute approximate surface area is 196 Å². The molecular formula is C25H25N3O6. The van der Waals surface area contributed by atoms with Crippen LogP contribution in [0.3, 0.4) is 0 Å². The Balaban J connectivity index is 1.55. The number of nitrogens with zero attached hydrogens (tertiary/aromatic N) is 2. The number of rotatable bonds is 9. The summed E-state index contributed by atoms with van der Waals surface area (Å²) in [5.41, 5.74) is 2.41. The molecule has 4 aromatic rings. The first-order chi connectivity index (χ1) is 16.6. The maximum absolute atomic E-state index is 13.0. The second-order valence-electron chi connectivity index (χ2n) is 7.21. The minimum Gasteiger partial charge on any atom is -0.496 e. The van der Waals surface area contributed by atoms with Crippen LogP contribution in [-0.2, 0) is 6.61 Å². The van der Waals surface area contributed by atoms with Gasteiger partial charge in [0.1, 0.15) is 18.0 Å². The standard InChI is InChI=1S/C25H25N3O6/c1-30-19-9-8-16(11-23(19)34-15-17-14-28-10-6-5-7-24(28)26-17)27-25(29)18-12-21(32-3)22(33-4)13-20(18)31-2/h5-14H,15H2,1-4H3,(H,27,29). The summed E-state index contributed by atoms with van der Waals surface area (Å²) in [6, 6.07) is 14.1. The lowest BCUT2D eigenvalue weighted by molar-refractivity contribution is 0.102. The van der Waals surface area contributed by atoms with Crippen molar-refractivity contribution < 1.29 is 28.5 Å². The van der Waals surface area contributed by atoms with Gasteiger partial charge in [0.25, 0.3) is 5.91 Å². The van der Waals surface area contributed by atoms with E-state index in [0.29, 0.717) is 40.0 Å². The molecule has 0 aliphatic rings. The van der Waals surface area contributed by atoms with Crippen molar-refractivity contribution in [3.05, 3.63) is 72.2 Å². The van der Waals surface area contributed by atoms with E-state index in [1.54, 1.807) is 37.4 Å². The maximum atomic E-state index is 13.0. The van der Waals surface area contributed by atoms with E-state index in [4.69, 9.17) is 23.7 Å². The van der Waals surface area contributed by atoms with Crippen molar-refractivity contribution in [1.29, 1.82) is 0 Å². The van der Waals surface area contributed by atoms with E-state index in [-0.39, 0.29) is 12.5 Å². The van der Waals surface area contributed by atoms with Crippen LogP contribution in [0, 0.1) is 0 Å². The number of amides is 1. The normalized spacial score (nSPS) is 10.6. The van der Waals surface area contributed by atoms with Crippen LogP contribution in [0.4, 0.5) is 5.69 Å². The van der Waals surface area contributed by atoms with Crippen molar-refractivity contribution in [2.24, 2.45) is 0 Å². The summed E-state index contributed by atoms with van der Waals surface area (Å²) in [6.07, 6.45) is 3.82. The number of hydrogen-bond donors (Lipinski definition) is 1. The smallest absolute Gasteiger partial charge is 0.259 e. The molecule has 4 rings (SSSR count). The Kier molecular flexibility index (Phi) is 6.72. The van der Waals surface area contributed by atoms with Crippen molar-refractivity contribution in [3.63, 3.8) is 0 Å². The molecular weight excluding hydrogens is 438 g/mol. The topological polar surface area (TPSA) is 92.6 Å². The molecule has 0 fully saturated rings. The average molecular weight is 463 g/mol. The zero-order valence-electron chi connectivity index (χ0n) is 19.3. The van der Waals surface area contributed by atoms with E-state index < -0.39 is 0 Å². The summed E-state index contributed by atoms with van der Waals surface area (Å²) in [6.45, 7) is 0.235. The van der Waals surface area contributed by atoms with Crippen LogP contribution in [0.1, 0.15) is 16.1 Å². The molecule has 1 amide bonds. The van der Waals surface area contributed by atoms with Gasteiger partial charge >= 0.3 is 0 Å². The Morgan fingerprint density at radius 2 is 1.59 bits per heavy atom. The first kappa shape index (κ1) is 22.8. The number of carbonyl (C=O) groups excluding carboxylic acids is 1. The molecule has 0 aliphatic carbocycles. The zero-order valence-corrected chi connectivity index (χ0v) is 19.3. The summed E-state index contributed by atoms with van der Waals surface area (Å²) in [4.78, 5) is 17.6. The molecule has 9 nitrogen and oxygen atoms in total. The molecule has 2 aromatic carbocycles. The maximum Gasteiger partial charge on any atom is 0.259 e. The SMILES string of the molecule is COc1cc(OC)c(C(=O)Nc2ccc(OC)c(OCc3cn4ccccc4n3)c2)cc1OC. The number of nitrogens with one attached hydrogen (secondary N) is 1. The minimum atomic E-state index is -0.380. The number of anilines is 1. The number of pyridine rings is 1. The number of imidazole rings is 1. The van der Waals surface area contributed by atoms with Crippen LogP contribution >= 0.6 is 0 Å². The van der Waals surface area contributed by atoms with Gasteiger partial charge < -0.3 is 33.4 Å². The first-order valence-electron chi connectivity index (χ1n) is 10.4. The van der Waals surface area contributed by atoms with E-state index >= 15 is 0 Å². The molecule has 9 heteroatoms. The second-order valence-corrected chi connectivity index (χ2v) is 7.21. The van der Waals surface area contributed by atoms with Gasteiger partial charge in [-0.1, -0.05) is 6.07 Å². The third-order valence-electron chi connectivity index (χ3n) is 5.16. The van der Waals surface area contributed by atoms with Gasteiger partial charge in [0, 0.05) is 36.3 Å². The molecule has 2 aromatic heterocycles. The molecule has 0 bridgehead atoms. The Bertz CT molecular complexity index is 1280. The van der Waals surface area contributed by atoms with E-state index in [2.05, 4.69) is 10.3 Å². The second kappa shape index (κ2) is 10.0. The molecule has 0 saturated carbocycles. The molecule has 0 spiro atoms. The predicted molar refractivity (Wildman–Crippen MR) is 127 cm³/mol. The lowest BCUT2D eigenvalue weighted by Gasteiger charge is -2.15. The van der Waals surface area contributed by atoms with Gasteiger partial charge in [-0.25, -0.2) is 4.98 Å². The van der Waals surface area contributed by atoms with Gasteiger partial charge in [0.05, 0.1) is 39.7 Å². The summed E-state index contributed by atoms with van der Waals surface area (Å²) in [5, 5.41) is 2.86. The minimum absolute atomic E-state index is 0.235. The van der Waals surface area contributed by atoms with Crippen LogP contribution in [-0.4, -0.2) is 43.7 Å². The third kappa shape index (κ3) is 4.68. The zero-order chi connectivity index (χ0) is 24.1. The van der Waals surface area contributed by atoms with Crippen LogP contribution in [0.2, 0.25) is 0 Å². The van der Waals surface area contributed by atoms with Gasteiger partial charge in [-0.15, -0.1) is 0 Å². The molecule has 0 radical (unpaired) electrons. The average Bonchev–Trinajstić information content (AvgIpc) is 3.29. The van der Waals surface area contributed by atoms with Crippen molar-refractivity contribution in [1.82, 2.24) is 9.38 Å². The highest BCUT2D eigenvalue weighted by Crippen LogP contribution is 2.36. The van der Waals surface area contributed by atoms with Gasteiger partial charge in [-0.2, -0.15) is 0 Å². The predicted octanol–water partition coefficient (Wildman–Crippen LogP) is 4.20. The van der Waals surface area contributed by atoms with E-state index in [1.165, 1.54) is 21.3 Å². The van der Waals surface area contributed by atoms with Crippen LogP contribution in [0.25, 0.3) is 5.65 Å². The summed E-state index contributed by atoms with van der Waals surface area (Å²) in [7, 11) is 6.06. The lowest BCUT2D eigenvalue weighted by atomic mass is 10.1. The van der Waals surface area contributed by atoms with Crippen molar-refractivity contribution in [2.75, 3.05) is 33.8 Å². The molecule has 0 atom stereocenters. The molecule has 0 aliphatic heterocycles. The van der Waals surface area contributed by atoms with Crippen molar-refractivity contribution in [3.8, 4) is 28.7 Å². The number of aromatic nitrogens is 2. The molecule has 1 N–H and O–H groups in total. The fraction of sp³-hybridized carbons (Fsp3) is 0.200. The van der Waals surface area contributed by atoms with Crippen LogP contribution < -0.4 is 29.0 Å². The molecule has 176 valence electrons. The first-order valence-corrected chi connectivity index (χ1v) is 10.4. The van der Waals surface area contributed by atoms with Crippen molar-refractivity contribution in [2.45, 2.75) is 6.61 Å². The van der Waals surface area contributed by atoms with E-state index in [0.717, 1.165) is 11.3 Å². The van der Waals surface area contributed by atoms with E-state index in [9.17, 15) is 4.79 Å². The molecule has 34 heavy (non-hydrogen) atoms. The molecule has 0 saturated heterocycles. The number of carbonyl (C=O) groups is 1. The van der Waals surface area contributed by atoms with Gasteiger partial charge in [0.15, 0.2) is 23.0 Å². The number of ether oxygens (including phenoxy) is 5. The highest BCUT2D eigenvalue weighted by Gasteiger charge is 2.19. The Morgan fingerprint density at radius 3 is 2.29 bits per heavy atom. The number of hydrogen-bond acceptors (Lipinski definition) is 7. The summed E-state index contributed by atoms with van der Waals surface area (Å²) in [5.74, 6) is 1.85. The van der Waals surface area contributed by atoms with E-state index in [1.807, 2.05) is 35.0 Å². The summed E-state index contributed by atoms with van der Waals surface area (Å²) < 4.78 is 29.3. The third-order valence-corrected chi connectivity index (χ3v) is 5.16. The Hall–Kier alpha value is -4.40. The van der Waals surface area contributed by atoms with Gasteiger partial charge in [-0.3, -0.25) is 4.79 Å². The van der Waals surface area contributed by atoms with Gasteiger partial charge in [-0.05, 0) is 24.3 Å². The number of methoxy groups -OCH3 is 4. The lowest BCUT2D eigenvalue weighted by Crippen LogP contribution is -2.14. The molecule has 0 unspecified atom stereocenters. The number of fused-ring (bicyclic) bond motifs is 1. The highest BCUT2D eigenvalue weighted by molar-refractivity contribution is 6.06. The quantitative estimate of drug-likeness (QED) is 0.398. The van der Waals surface area contributed by atoms with Crippen molar-refractivity contribution >= 4 is 17.2 Å². The summed E-state index contributed by atoms with van der Waals surface area (Å²) >= 11 is 0. The van der Waals surface area contributed by atoms with Crippen LogP contribution in [0.5, 0.6) is 28.7 Å². The fourth-order valence-electron chi connectivity index (χ4n) is 3.48. The van der Waals surface area contributed by atoms with Crippen LogP contribution in [0.15, 0.2) is 60.9 Å². The number of benzene rings is 2.